The molecule has 1 amide bonds. The van der Waals surface area contributed by atoms with E-state index in [2.05, 4.69) is 5.32 Å². The molecule has 0 fully saturated rings. The molecular weight excluding hydrogens is 354 g/mol. The molecule has 2 rings (SSSR count). The predicted octanol–water partition coefficient (Wildman–Crippen LogP) is 4.97. The van der Waals surface area contributed by atoms with E-state index < -0.39 is 11.7 Å². The normalized spacial score (nSPS) is 11.2. The van der Waals surface area contributed by atoms with Crippen molar-refractivity contribution in [2.75, 3.05) is 6.54 Å². The molecule has 5 nitrogen and oxygen atoms in total. The van der Waals surface area contributed by atoms with Crippen molar-refractivity contribution in [3.05, 3.63) is 77.4 Å². The van der Waals surface area contributed by atoms with Gasteiger partial charge in [-0.2, -0.15) is 0 Å². The van der Waals surface area contributed by atoms with Crippen LogP contribution in [0.1, 0.15) is 48.7 Å². The first-order valence-corrected chi connectivity index (χ1v) is 9.28. The lowest BCUT2D eigenvalue weighted by Crippen LogP contribution is -2.24. The fourth-order valence-corrected chi connectivity index (χ4v) is 2.40. The molecule has 0 atom stereocenters. The van der Waals surface area contributed by atoms with E-state index in [1.165, 1.54) is 0 Å². The number of esters is 1. The van der Waals surface area contributed by atoms with Crippen LogP contribution in [0.2, 0.25) is 0 Å². The maximum atomic E-state index is 12.3. The minimum atomic E-state index is -0.544. The van der Waals surface area contributed by atoms with E-state index in [4.69, 9.17) is 9.47 Å². The molecule has 0 saturated carbocycles. The highest BCUT2D eigenvalue weighted by Crippen LogP contribution is 2.17. The summed E-state index contributed by atoms with van der Waals surface area (Å²) in [5.74, 6) is -0.352. The van der Waals surface area contributed by atoms with Gasteiger partial charge in [0.15, 0.2) is 0 Å². The van der Waals surface area contributed by atoms with E-state index in [1.807, 2.05) is 75.4 Å². The van der Waals surface area contributed by atoms with E-state index in [0.29, 0.717) is 18.5 Å². The van der Waals surface area contributed by atoms with Crippen molar-refractivity contribution >= 4 is 18.1 Å². The summed E-state index contributed by atoms with van der Waals surface area (Å²) >= 11 is 0. The Balaban J connectivity index is 1.78. The molecule has 0 unspecified atom stereocenters. The minimum absolute atomic E-state index is 0.242. The van der Waals surface area contributed by atoms with Crippen LogP contribution < -0.4 is 5.32 Å². The summed E-state index contributed by atoms with van der Waals surface area (Å²) in [5.41, 5.74) is 1.70. The summed E-state index contributed by atoms with van der Waals surface area (Å²) in [5, 5.41) is 2.70. The van der Waals surface area contributed by atoms with Crippen LogP contribution in [0.3, 0.4) is 0 Å². The second-order valence-corrected chi connectivity index (χ2v) is 7.27. The summed E-state index contributed by atoms with van der Waals surface area (Å²) in [7, 11) is 0. The number of amides is 1. The van der Waals surface area contributed by atoms with Gasteiger partial charge in [-0.3, -0.25) is 0 Å². The van der Waals surface area contributed by atoms with Gasteiger partial charge < -0.3 is 14.8 Å². The van der Waals surface area contributed by atoms with Crippen molar-refractivity contribution in [1.29, 1.82) is 0 Å². The Morgan fingerprint density at radius 3 is 2.39 bits per heavy atom. The number of nitrogens with one attached hydrogen (secondary N) is 1. The van der Waals surface area contributed by atoms with Gasteiger partial charge in [0.25, 0.3) is 0 Å². The van der Waals surface area contributed by atoms with E-state index in [0.717, 1.165) is 11.1 Å². The summed E-state index contributed by atoms with van der Waals surface area (Å²) in [6.45, 7) is 6.20. The molecule has 0 aliphatic rings. The largest absolute Gasteiger partial charge is 0.456 e. The van der Waals surface area contributed by atoms with E-state index in [1.54, 1.807) is 12.1 Å². The summed E-state index contributed by atoms with van der Waals surface area (Å²) in [6.07, 6.45) is 3.92. The topological polar surface area (TPSA) is 64.6 Å². The van der Waals surface area contributed by atoms with Crippen molar-refractivity contribution in [3.8, 4) is 0 Å². The van der Waals surface area contributed by atoms with Crippen LogP contribution in [-0.2, 0) is 16.1 Å². The zero-order valence-electron chi connectivity index (χ0n) is 16.6. The monoisotopic (exact) mass is 381 g/mol. The van der Waals surface area contributed by atoms with Crippen LogP contribution in [0.15, 0.2) is 60.7 Å². The molecule has 0 heterocycles. The average Bonchev–Trinajstić information content (AvgIpc) is 2.66. The SMILES string of the molecule is CC(C)(C)OC(=O)c1ccccc1C=CCCNC(=O)OCc1ccccc1. The molecule has 0 bridgehead atoms. The van der Waals surface area contributed by atoms with Crippen molar-refractivity contribution in [2.45, 2.75) is 39.4 Å². The molecule has 148 valence electrons. The number of alkyl carbamates (subject to hydrolysis) is 1. The lowest BCUT2D eigenvalue weighted by molar-refractivity contribution is 0.00692. The van der Waals surface area contributed by atoms with Crippen molar-refractivity contribution in [3.63, 3.8) is 0 Å². The van der Waals surface area contributed by atoms with Crippen molar-refractivity contribution in [1.82, 2.24) is 5.32 Å². The third kappa shape index (κ3) is 7.66. The highest BCUT2D eigenvalue weighted by atomic mass is 16.6. The highest BCUT2D eigenvalue weighted by molar-refractivity contribution is 5.93. The van der Waals surface area contributed by atoms with Crippen LogP contribution >= 0.6 is 0 Å². The molecule has 0 aromatic heterocycles. The Morgan fingerprint density at radius 2 is 1.68 bits per heavy atom. The second kappa shape index (κ2) is 10.3. The molecule has 5 heteroatoms. The number of rotatable bonds is 7. The van der Waals surface area contributed by atoms with Gasteiger partial charge in [-0.25, -0.2) is 9.59 Å². The third-order valence-corrected chi connectivity index (χ3v) is 3.67. The molecule has 0 saturated heterocycles. The Bertz CT molecular complexity index is 807. The molecular formula is C23H27NO4. The van der Waals surface area contributed by atoms with Gasteiger partial charge in [0.1, 0.15) is 12.2 Å². The molecule has 2 aromatic rings. The summed E-state index contributed by atoms with van der Waals surface area (Å²) in [4.78, 5) is 24.0. The summed E-state index contributed by atoms with van der Waals surface area (Å²) < 4.78 is 10.6. The van der Waals surface area contributed by atoms with Gasteiger partial charge in [-0.05, 0) is 44.4 Å². The van der Waals surface area contributed by atoms with Gasteiger partial charge in [0.05, 0.1) is 5.56 Å². The maximum Gasteiger partial charge on any atom is 0.407 e. The van der Waals surface area contributed by atoms with Crippen LogP contribution in [0.5, 0.6) is 0 Å². The van der Waals surface area contributed by atoms with Gasteiger partial charge in [-0.1, -0.05) is 60.7 Å². The molecule has 0 aliphatic heterocycles. The molecule has 2 aromatic carbocycles. The van der Waals surface area contributed by atoms with E-state index >= 15 is 0 Å². The Kier molecular flexibility index (Phi) is 7.81. The smallest absolute Gasteiger partial charge is 0.407 e. The molecule has 0 aliphatic carbocycles. The highest BCUT2D eigenvalue weighted by Gasteiger charge is 2.19. The number of hydrogen-bond acceptors (Lipinski definition) is 4. The van der Waals surface area contributed by atoms with Crippen LogP contribution in [-0.4, -0.2) is 24.2 Å². The standard InChI is InChI=1S/C23H27NO4/c1-23(2,3)28-21(25)20-15-8-7-13-19(20)14-9-10-16-24-22(26)27-17-18-11-5-4-6-12-18/h4-9,11-15H,10,16-17H2,1-3H3,(H,24,26). The fourth-order valence-electron chi connectivity index (χ4n) is 2.40. The predicted molar refractivity (Wildman–Crippen MR) is 110 cm³/mol. The first-order chi connectivity index (χ1) is 13.3. The third-order valence-electron chi connectivity index (χ3n) is 3.67. The number of carbonyl (C=O) groups excluding carboxylic acids is 2. The van der Waals surface area contributed by atoms with Crippen LogP contribution in [0.25, 0.3) is 6.08 Å². The first kappa shape index (κ1) is 21.2. The van der Waals surface area contributed by atoms with E-state index in [-0.39, 0.29) is 12.6 Å². The Labute approximate surface area is 166 Å². The number of ether oxygens (including phenoxy) is 2. The van der Waals surface area contributed by atoms with Gasteiger partial charge >= 0.3 is 12.1 Å². The molecule has 0 spiro atoms. The van der Waals surface area contributed by atoms with Gasteiger partial charge in [0, 0.05) is 6.54 Å². The number of carbonyl (C=O) groups is 2. The lowest BCUT2D eigenvalue weighted by Gasteiger charge is -2.20. The molecule has 1 N–H and O–H groups in total. The minimum Gasteiger partial charge on any atom is -0.456 e. The zero-order valence-corrected chi connectivity index (χ0v) is 16.6. The van der Waals surface area contributed by atoms with Gasteiger partial charge in [0.2, 0.25) is 0 Å². The number of benzene rings is 2. The number of hydrogen-bond donors (Lipinski definition) is 1. The Hall–Kier alpha value is -3.08. The average molecular weight is 381 g/mol. The van der Waals surface area contributed by atoms with Crippen LogP contribution in [0, 0.1) is 0 Å². The maximum absolute atomic E-state index is 12.3. The Morgan fingerprint density at radius 1 is 1.00 bits per heavy atom. The lowest BCUT2D eigenvalue weighted by atomic mass is 10.1. The van der Waals surface area contributed by atoms with E-state index in [9.17, 15) is 9.59 Å². The fraction of sp³-hybridized carbons (Fsp3) is 0.304. The quantitative estimate of drug-likeness (QED) is 0.543. The van der Waals surface area contributed by atoms with Crippen molar-refractivity contribution < 1.29 is 19.1 Å². The van der Waals surface area contributed by atoms with Gasteiger partial charge in [-0.15, -0.1) is 0 Å². The first-order valence-electron chi connectivity index (χ1n) is 9.28. The zero-order chi connectivity index (χ0) is 20.4. The van der Waals surface area contributed by atoms with Crippen LogP contribution in [0.4, 0.5) is 4.79 Å². The second-order valence-electron chi connectivity index (χ2n) is 7.27. The van der Waals surface area contributed by atoms with Crippen molar-refractivity contribution in [2.24, 2.45) is 0 Å². The summed E-state index contributed by atoms with van der Waals surface area (Å²) in [6, 6.07) is 16.8. The molecule has 0 radical (unpaired) electrons. The molecule has 28 heavy (non-hydrogen) atoms.